The second kappa shape index (κ2) is 5.91. The van der Waals surface area contributed by atoms with Gasteiger partial charge in [0.15, 0.2) is 11.5 Å². The third kappa shape index (κ3) is 2.97. The molecule has 1 saturated heterocycles. The number of benzene rings is 1. The fraction of sp³-hybridized carbons (Fsp3) is 0.500. The number of carbonyl (C=O) groups is 1. The van der Waals surface area contributed by atoms with Crippen molar-refractivity contribution in [3.05, 3.63) is 17.9 Å². The van der Waals surface area contributed by atoms with Crippen LogP contribution in [0.5, 0.6) is 11.5 Å². The Bertz CT molecular complexity index is 466. The molecule has 1 aromatic rings. The average molecular weight is 267 g/mol. The zero-order valence-corrected chi connectivity index (χ0v) is 11.2. The van der Waals surface area contributed by atoms with Gasteiger partial charge in [0, 0.05) is 38.1 Å². The predicted molar refractivity (Wildman–Crippen MR) is 70.6 cm³/mol. The van der Waals surface area contributed by atoms with Gasteiger partial charge in [-0.25, -0.2) is 4.39 Å². The van der Waals surface area contributed by atoms with E-state index in [-0.39, 0.29) is 11.6 Å². The van der Waals surface area contributed by atoms with Crippen LogP contribution in [0.2, 0.25) is 0 Å². The lowest BCUT2D eigenvalue weighted by atomic mass is 10.1. The first kappa shape index (κ1) is 13.6. The number of anilines is 1. The van der Waals surface area contributed by atoms with Crippen molar-refractivity contribution in [3.63, 3.8) is 0 Å². The summed E-state index contributed by atoms with van der Waals surface area (Å²) in [5, 5.41) is 0. The van der Waals surface area contributed by atoms with E-state index in [0.717, 1.165) is 0 Å². The molecule has 19 heavy (non-hydrogen) atoms. The Morgan fingerprint density at radius 2 is 1.95 bits per heavy atom. The van der Waals surface area contributed by atoms with Crippen LogP contribution >= 0.6 is 0 Å². The van der Waals surface area contributed by atoms with Crippen molar-refractivity contribution >= 4 is 11.5 Å². The molecule has 0 N–H and O–H groups in total. The molecule has 2 rings (SSSR count). The number of Topliss-reactive ketones (excluding diaryl/α,β-unsaturated/α-hetero) is 1. The molecule has 0 aliphatic carbocycles. The van der Waals surface area contributed by atoms with Gasteiger partial charge in [-0.15, -0.1) is 0 Å². The topological polar surface area (TPSA) is 38.8 Å². The smallest absolute Gasteiger partial charge is 0.164 e. The number of ketones is 1. The normalized spacial score (nSPS) is 15.5. The van der Waals surface area contributed by atoms with Crippen LogP contribution in [0.15, 0.2) is 12.1 Å². The fourth-order valence-electron chi connectivity index (χ4n) is 2.19. The third-order valence-corrected chi connectivity index (χ3v) is 3.19. The standard InChI is InChI=1S/C14H18FNO3/c1-3-19-14-8-11(15)12(9-13(14)18-2)16-6-4-10(17)5-7-16/h8-9H,3-7H2,1-2H3. The summed E-state index contributed by atoms with van der Waals surface area (Å²) >= 11 is 0. The number of ether oxygens (including phenoxy) is 2. The molecular formula is C14H18FNO3. The minimum atomic E-state index is -0.349. The second-order valence-corrected chi connectivity index (χ2v) is 4.41. The maximum atomic E-state index is 14.1. The first-order valence-corrected chi connectivity index (χ1v) is 6.42. The molecule has 0 amide bonds. The Morgan fingerprint density at radius 3 is 2.53 bits per heavy atom. The van der Waals surface area contributed by atoms with E-state index in [4.69, 9.17) is 9.47 Å². The summed E-state index contributed by atoms with van der Waals surface area (Å²) in [5.74, 6) is 0.794. The summed E-state index contributed by atoms with van der Waals surface area (Å²) in [7, 11) is 1.53. The van der Waals surface area contributed by atoms with Gasteiger partial charge in [0.2, 0.25) is 0 Å². The predicted octanol–water partition coefficient (Wildman–Crippen LogP) is 2.40. The quantitative estimate of drug-likeness (QED) is 0.839. The van der Waals surface area contributed by atoms with E-state index in [2.05, 4.69) is 0 Å². The van der Waals surface area contributed by atoms with E-state index in [1.807, 2.05) is 11.8 Å². The van der Waals surface area contributed by atoms with Crippen LogP contribution in [-0.2, 0) is 4.79 Å². The summed E-state index contributed by atoms with van der Waals surface area (Å²) in [6, 6.07) is 2.98. The van der Waals surface area contributed by atoms with Gasteiger partial charge in [0.1, 0.15) is 11.6 Å². The van der Waals surface area contributed by atoms with Gasteiger partial charge in [-0.05, 0) is 6.92 Å². The molecule has 0 aromatic heterocycles. The zero-order chi connectivity index (χ0) is 13.8. The van der Waals surface area contributed by atoms with Crippen LogP contribution in [-0.4, -0.2) is 32.6 Å². The van der Waals surface area contributed by atoms with Crippen LogP contribution in [0.25, 0.3) is 0 Å². The van der Waals surface area contributed by atoms with Crippen molar-refractivity contribution in [2.45, 2.75) is 19.8 Å². The van der Waals surface area contributed by atoms with Crippen LogP contribution < -0.4 is 14.4 Å². The van der Waals surface area contributed by atoms with Gasteiger partial charge in [-0.3, -0.25) is 4.79 Å². The highest BCUT2D eigenvalue weighted by Crippen LogP contribution is 2.35. The first-order chi connectivity index (χ1) is 9.15. The number of hydrogen-bond donors (Lipinski definition) is 0. The molecule has 4 nitrogen and oxygen atoms in total. The molecular weight excluding hydrogens is 249 g/mol. The van der Waals surface area contributed by atoms with Gasteiger partial charge in [0.25, 0.3) is 0 Å². The molecule has 5 heteroatoms. The van der Waals surface area contributed by atoms with Crippen LogP contribution in [0.1, 0.15) is 19.8 Å². The molecule has 0 radical (unpaired) electrons. The average Bonchev–Trinajstić information content (AvgIpc) is 2.41. The highest BCUT2D eigenvalue weighted by molar-refractivity contribution is 5.81. The number of hydrogen-bond acceptors (Lipinski definition) is 4. The highest BCUT2D eigenvalue weighted by Gasteiger charge is 2.21. The summed E-state index contributed by atoms with van der Waals surface area (Å²) in [6.45, 7) is 3.38. The molecule has 1 aliphatic rings. The first-order valence-electron chi connectivity index (χ1n) is 6.42. The molecule has 1 fully saturated rings. The third-order valence-electron chi connectivity index (χ3n) is 3.19. The Kier molecular flexibility index (Phi) is 4.24. The molecule has 104 valence electrons. The van der Waals surface area contributed by atoms with Gasteiger partial charge in [-0.1, -0.05) is 0 Å². The van der Waals surface area contributed by atoms with Gasteiger partial charge in [-0.2, -0.15) is 0 Å². The van der Waals surface area contributed by atoms with Crippen molar-refractivity contribution in [2.24, 2.45) is 0 Å². The minimum absolute atomic E-state index is 0.231. The lowest BCUT2D eigenvalue weighted by Gasteiger charge is -2.29. The number of rotatable bonds is 4. The van der Waals surface area contributed by atoms with E-state index in [9.17, 15) is 9.18 Å². The number of methoxy groups -OCH3 is 1. The zero-order valence-electron chi connectivity index (χ0n) is 11.2. The van der Waals surface area contributed by atoms with Gasteiger partial charge >= 0.3 is 0 Å². The van der Waals surface area contributed by atoms with Crippen molar-refractivity contribution in [1.82, 2.24) is 0 Å². The van der Waals surface area contributed by atoms with Crippen LogP contribution in [0.4, 0.5) is 10.1 Å². The lowest BCUT2D eigenvalue weighted by Crippen LogP contribution is -2.34. The Balaban J connectivity index is 2.27. The Labute approximate surface area is 112 Å². The summed E-state index contributed by atoms with van der Waals surface area (Å²) in [6.07, 6.45) is 0.934. The Morgan fingerprint density at radius 1 is 1.26 bits per heavy atom. The SMILES string of the molecule is CCOc1cc(F)c(N2CCC(=O)CC2)cc1OC. The molecule has 0 bridgehead atoms. The van der Waals surface area contributed by atoms with Crippen LogP contribution in [0, 0.1) is 5.82 Å². The van der Waals surface area contributed by atoms with E-state index in [1.54, 1.807) is 6.07 Å². The largest absolute Gasteiger partial charge is 0.493 e. The number of halogens is 1. The van der Waals surface area contributed by atoms with E-state index >= 15 is 0 Å². The minimum Gasteiger partial charge on any atom is -0.493 e. The maximum absolute atomic E-state index is 14.1. The summed E-state index contributed by atoms with van der Waals surface area (Å²) in [4.78, 5) is 13.1. The number of carbonyl (C=O) groups excluding carboxylic acids is 1. The Hall–Kier alpha value is -1.78. The van der Waals surface area contributed by atoms with Gasteiger partial charge in [0.05, 0.1) is 19.4 Å². The molecule has 1 aliphatic heterocycles. The maximum Gasteiger partial charge on any atom is 0.164 e. The van der Waals surface area contributed by atoms with E-state index in [1.165, 1.54) is 13.2 Å². The highest BCUT2D eigenvalue weighted by atomic mass is 19.1. The molecule has 1 heterocycles. The lowest BCUT2D eigenvalue weighted by molar-refractivity contribution is -0.119. The van der Waals surface area contributed by atoms with Crippen molar-refractivity contribution in [3.8, 4) is 11.5 Å². The van der Waals surface area contributed by atoms with E-state index in [0.29, 0.717) is 49.7 Å². The van der Waals surface area contributed by atoms with Crippen molar-refractivity contribution in [2.75, 3.05) is 31.7 Å². The number of piperidine rings is 1. The summed E-state index contributed by atoms with van der Waals surface area (Å²) < 4.78 is 24.7. The summed E-state index contributed by atoms with van der Waals surface area (Å²) in [5.41, 5.74) is 0.466. The number of nitrogens with zero attached hydrogens (tertiary/aromatic N) is 1. The van der Waals surface area contributed by atoms with Crippen molar-refractivity contribution in [1.29, 1.82) is 0 Å². The van der Waals surface area contributed by atoms with Crippen molar-refractivity contribution < 1.29 is 18.7 Å². The fourth-order valence-corrected chi connectivity index (χ4v) is 2.19. The van der Waals surface area contributed by atoms with E-state index < -0.39 is 0 Å². The molecule has 0 atom stereocenters. The van der Waals surface area contributed by atoms with Crippen LogP contribution in [0.3, 0.4) is 0 Å². The second-order valence-electron chi connectivity index (χ2n) is 4.41. The monoisotopic (exact) mass is 267 g/mol. The molecule has 0 spiro atoms. The molecule has 0 unspecified atom stereocenters. The van der Waals surface area contributed by atoms with Gasteiger partial charge < -0.3 is 14.4 Å². The molecule has 1 aromatic carbocycles. The molecule has 0 saturated carbocycles.